The Labute approximate surface area is 91.3 Å². The highest BCUT2D eigenvalue weighted by molar-refractivity contribution is 6.31. The summed E-state index contributed by atoms with van der Waals surface area (Å²) in [5.41, 5.74) is 0.715. The fourth-order valence-electron chi connectivity index (χ4n) is 1.56. The fraction of sp³-hybridized carbons (Fsp3) is 0.0909. The van der Waals surface area contributed by atoms with Crippen molar-refractivity contribution >= 4 is 28.3 Å². The Morgan fingerprint density at radius 1 is 1.47 bits per heavy atom. The molecular weight excluding hydrogens is 214 g/mol. The SMILES string of the molecule is O=C(O)Cc1cc(Cl)cc2cnccc12. The molecule has 0 amide bonds. The van der Waals surface area contributed by atoms with Crippen molar-refractivity contribution in [1.29, 1.82) is 0 Å². The molecular formula is C11H8ClNO2. The Bertz CT molecular complexity index is 525. The molecule has 0 aliphatic heterocycles. The van der Waals surface area contributed by atoms with Gasteiger partial charge in [0.15, 0.2) is 0 Å². The number of carboxylic acids is 1. The molecule has 1 N–H and O–H groups in total. The summed E-state index contributed by atoms with van der Waals surface area (Å²) in [7, 11) is 0. The molecule has 0 aliphatic rings. The summed E-state index contributed by atoms with van der Waals surface area (Å²) < 4.78 is 0. The van der Waals surface area contributed by atoms with Crippen molar-refractivity contribution in [2.45, 2.75) is 6.42 Å². The van der Waals surface area contributed by atoms with E-state index < -0.39 is 5.97 Å². The van der Waals surface area contributed by atoms with E-state index in [4.69, 9.17) is 16.7 Å². The Morgan fingerprint density at radius 2 is 2.27 bits per heavy atom. The van der Waals surface area contributed by atoms with Crippen LogP contribution in [-0.2, 0) is 11.2 Å². The predicted octanol–water partition coefficient (Wildman–Crippen LogP) is 2.52. The molecule has 1 aromatic carbocycles. The van der Waals surface area contributed by atoms with Crippen molar-refractivity contribution in [3.05, 3.63) is 41.2 Å². The van der Waals surface area contributed by atoms with Crippen LogP contribution < -0.4 is 0 Å². The van der Waals surface area contributed by atoms with Crippen molar-refractivity contribution in [2.75, 3.05) is 0 Å². The number of nitrogens with zero attached hydrogens (tertiary/aromatic N) is 1. The van der Waals surface area contributed by atoms with E-state index in [1.54, 1.807) is 30.6 Å². The lowest BCUT2D eigenvalue weighted by Crippen LogP contribution is -2.00. The van der Waals surface area contributed by atoms with E-state index in [9.17, 15) is 4.79 Å². The van der Waals surface area contributed by atoms with Gasteiger partial charge in [-0.05, 0) is 29.1 Å². The second-order valence-corrected chi connectivity index (χ2v) is 3.67. The maximum Gasteiger partial charge on any atom is 0.307 e. The molecule has 0 spiro atoms. The van der Waals surface area contributed by atoms with Crippen molar-refractivity contribution in [1.82, 2.24) is 4.98 Å². The molecule has 0 aliphatic carbocycles. The highest BCUT2D eigenvalue weighted by atomic mass is 35.5. The van der Waals surface area contributed by atoms with Gasteiger partial charge in [-0.2, -0.15) is 0 Å². The lowest BCUT2D eigenvalue weighted by Gasteiger charge is -2.04. The third-order valence-electron chi connectivity index (χ3n) is 2.15. The number of hydrogen-bond donors (Lipinski definition) is 1. The average Bonchev–Trinajstić information content (AvgIpc) is 2.16. The van der Waals surface area contributed by atoms with Gasteiger partial charge in [0.25, 0.3) is 0 Å². The number of pyridine rings is 1. The minimum absolute atomic E-state index is 0.0267. The summed E-state index contributed by atoms with van der Waals surface area (Å²) in [6.07, 6.45) is 3.29. The number of rotatable bonds is 2. The molecule has 76 valence electrons. The molecule has 0 atom stereocenters. The lowest BCUT2D eigenvalue weighted by molar-refractivity contribution is -0.136. The molecule has 0 saturated heterocycles. The van der Waals surface area contributed by atoms with Crippen LogP contribution in [0.3, 0.4) is 0 Å². The van der Waals surface area contributed by atoms with Crippen LogP contribution in [0.5, 0.6) is 0 Å². The third-order valence-corrected chi connectivity index (χ3v) is 2.36. The highest BCUT2D eigenvalue weighted by Gasteiger charge is 2.06. The molecule has 3 nitrogen and oxygen atoms in total. The van der Waals surface area contributed by atoms with E-state index in [0.717, 1.165) is 10.8 Å². The zero-order valence-corrected chi connectivity index (χ0v) is 8.53. The van der Waals surface area contributed by atoms with Crippen molar-refractivity contribution < 1.29 is 9.90 Å². The number of halogens is 1. The van der Waals surface area contributed by atoms with Gasteiger partial charge in [0, 0.05) is 22.8 Å². The summed E-state index contributed by atoms with van der Waals surface area (Å²) in [5.74, 6) is -0.865. The van der Waals surface area contributed by atoms with Crippen molar-refractivity contribution in [3.63, 3.8) is 0 Å². The van der Waals surface area contributed by atoms with Crippen molar-refractivity contribution in [3.8, 4) is 0 Å². The second-order valence-electron chi connectivity index (χ2n) is 3.23. The first-order valence-electron chi connectivity index (χ1n) is 4.41. The number of carboxylic acid groups (broad SMARTS) is 1. The molecule has 0 unspecified atom stereocenters. The third kappa shape index (κ3) is 2.07. The standard InChI is InChI=1S/C11H8ClNO2/c12-9-3-7(5-11(14)15)10-1-2-13-6-8(10)4-9/h1-4,6H,5H2,(H,14,15). The average molecular weight is 222 g/mol. The smallest absolute Gasteiger partial charge is 0.307 e. The summed E-state index contributed by atoms with van der Waals surface area (Å²) in [6.45, 7) is 0. The lowest BCUT2D eigenvalue weighted by atomic mass is 10.0. The van der Waals surface area contributed by atoms with Crippen LogP contribution in [0, 0.1) is 0 Å². The molecule has 1 aromatic heterocycles. The van der Waals surface area contributed by atoms with Crippen LogP contribution in [0.25, 0.3) is 10.8 Å². The van der Waals surface area contributed by atoms with Gasteiger partial charge in [-0.25, -0.2) is 0 Å². The number of carbonyl (C=O) groups is 1. The summed E-state index contributed by atoms with van der Waals surface area (Å²) in [6, 6.07) is 5.25. The number of benzene rings is 1. The Hall–Kier alpha value is -1.61. The molecule has 0 saturated carbocycles. The topological polar surface area (TPSA) is 50.2 Å². The summed E-state index contributed by atoms with van der Waals surface area (Å²) >= 11 is 5.89. The van der Waals surface area contributed by atoms with Gasteiger partial charge in [-0.3, -0.25) is 9.78 Å². The van der Waals surface area contributed by atoms with E-state index in [-0.39, 0.29) is 6.42 Å². The minimum atomic E-state index is -0.865. The first-order chi connectivity index (χ1) is 7.16. The largest absolute Gasteiger partial charge is 0.481 e. The van der Waals surface area contributed by atoms with Gasteiger partial charge in [0.2, 0.25) is 0 Å². The molecule has 2 rings (SSSR count). The number of fused-ring (bicyclic) bond motifs is 1. The van der Waals surface area contributed by atoms with Gasteiger partial charge in [-0.15, -0.1) is 0 Å². The van der Waals surface area contributed by atoms with Crippen LogP contribution >= 0.6 is 11.6 Å². The molecule has 4 heteroatoms. The first-order valence-corrected chi connectivity index (χ1v) is 4.78. The predicted molar refractivity (Wildman–Crippen MR) is 58.1 cm³/mol. The van der Waals surface area contributed by atoms with E-state index in [1.165, 1.54) is 0 Å². The molecule has 1 heterocycles. The minimum Gasteiger partial charge on any atom is -0.481 e. The van der Waals surface area contributed by atoms with Crippen LogP contribution in [0.1, 0.15) is 5.56 Å². The fourth-order valence-corrected chi connectivity index (χ4v) is 1.81. The van der Waals surface area contributed by atoms with E-state index >= 15 is 0 Å². The Kier molecular flexibility index (Phi) is 2.56. The first kappa shape index (κ1) is 9.93. The molecule has 0 fully saturated rings. The maximum atomic E-state index is 10.7. The van der Waals surface area contributed by atoms with Crippen LogP contribution in [-0.4, -0.2) is 16.1 Å². The normalized spacial score (nSPS) is 10.5. The number of hydrogen-bond acceptors (Lipinski definition) is 2. The van der Waals surface area contributed by atoms with Gasteiger partial charge in [0.05, 0.1) is 6.42 Å². The van der Waals surface area contributed by atoms with E-state index in [0.29, 0.717) is 10.6 Å². The van der Waals surface area contributed by atoms with Crippen LogP contribution in [0.2, 0.25) is 5.02 Å². The Balaban J connectivity index is 2.65. The molecule has 0 radical (unpaired) electrons. The zero-order valence-electron chi connectivity index (χ0n) is 7.77. The molecule has 2 aromatic rings. The zero-order chi connectivity index (χ0) is 10.8. The molecule has 15 heavy (non-hydrogen) atoms. The Morgan fingerprint density at radius 3 is 3.00 bits per heavy atom. The monoisotopic (exact) mass is 221 g/mol. The van der Waals surface area contributed by atoms with Gasteiger partial charge >= 0.3 is 5.97 Å². The quantitative estimate of drug-likeness (QED) is 0.848. The van der Waals surface area contributed by atoms with Crippen molar-refractivity contribution in [2.24, 2.45) is 0 Å². The van der Waals surface area contributed by atoms with Gasteiger partial charge in [0.1, 0.15) is 0 Å². The van der Waals surface area contributed by atoms with Gasteiger partial charge < -0.3 is 5.11 Å². The van der Waals surface area contributed by atoms with Gasteiger partial charge in [-0.1, -0.05) is 11.6 Å². The number of aromatic nitrogens is 1. The maximum absolute atomic E-state index is 10.7. The second kappa shape index (κ2) is 3.87. The van der Waals surface area contributed by atoms with E-state index in [2.05, 4.69) is 4.98 Å². The van der Waals surface area contributed by atoms with Crippen LogP contribution in [0.4, 0.5) is 0 Å². The molecule has 0 bridgehead atoms. The van der Waals surface area contributed by atoms with Crippen LogP contribution in [0.15, 0.2) is 30.6 Å². The highest BCUT2D eigenvalue weighted by Crippen LogP contribution is 2.23. The number of aliphatic carboxylic acids is 1. The summed E-state index contributed by atoms with van der Waals surface area (Å²) in [5, 5.41) is 11.0. The van der Waals surface area contributed by atoms with E-state index in [1.807, 2.05) is 0 Å². The summed E-state index contributed by atoms with van der Waals surface area (Å²) in [4.78, 5) is 14.6.